The topological polar surface area (TPSA) is 29.1 Å². The molecule has 1 aromatic carbocycles. The summed E-state index contributed by atoms with van der Waals surface area (Å²) >= 11 is 2.00. The number of rotatable bonds is 4. The number of fused-ring (bicyclic) bond motifs is 1. The van der Waals surface area contributed by atoms with Crippen LogP contribution in [-0.4, -0.2) is 11.2 Å². The molecule has 0 bridgehead atoms. The quantitative estimate of drug-likeness (QED) is 0.873. The summed E-state index contributed by atoms with van der Waals surface area (Å²) in [6.07, 6.45) is 9.08. The van der Waals surface area contributed by atoms with Gasteiger partial charge in [-0.1, -0.05) is 12.8 Å². The number of hydrogen-bond donors (Lipinski definition) is 1. The van der Waals surface area contributed by atoms with Gasteiger partial charge in [0.15, 0.2) is 0 Å². The van der Waals surface area contributed by atoms with Crippen molar-refractivity contribution in [3.05, 3.63) is 24.3 Å². The molecule has 3 aliphatic carbocycles. The molecular weight excluding hydrogens is 278 g/mol. The van der Waals surface area contributed by atoms with E-state index in [1.54, 1.807) is 0 Å². The molecule has 3 heteroatoms. The van der Waals surface area contributed by atoms with Crippen molar-refractivity contribution in [3.63, 3.8) is 0 Å². The van der Waals surface area contributed by atoms with Gasteiger partial charge in [-0.15, -0.1) is 11.8 Å². The van der Waals surface area contributed by atoms with E-state index in [1.807, 2.05) is 11.8 Å². The number of amides is 1. The Morgan fingerprint density at radius 3 is 2.33 bits per heavy atom. The molecule has 0 radical (unpaired) electrons. The highest BCUT2D eigenvalue weighted by atomic mass is 32.2. The van der Waals surface area contributed by atoms with Gasteiger partial charge in [0, 0.05) is 21.8 Å². The molecule has 2 nitrogen and oxygen atoms in total. The molecule has 1 amide bonds. The Kier molecular flexibility index (Phi) is 3.70. The summed E-state index contributed by atoms with van der Waals surface area (Å²) < 4.78 is 0. The van der Waals surface area contributed by atoms with Crippen molar-refractivity contribution in [1.29, 1.82) is 0 Å². The fourth-order valence-corrected chi connectivity index (χ4v) is 5.24. The Bertz CT molecular complexity index is 511. The minimum Gasteiger partial charge on any atom is -0.326 e. The average molecular weight is 301 g/mol. The zero-order chi connectivity index (χ0) is 14.2. The first-order chi connectivity index (χ1) is 10.3. The third-order valence-corrected chi connectivity index (χ3v) is 6.69. The molecule has 3 aliphatic rings. The van der Waals surface area contributed by atoms with Crippen LogP contribution in [0.15, 0.2) is 29.2 Å². The van der Waals surface area contributed by atoms with Gasteiger partial charge >= 0.3 is 0 Å². The van der Waals surface area contributed by atoms with Gasteiger partial charge in [0.2, 0.25) is 5.91 Å². The van der Waals surface area contributed by atoms with Crippen molar-refractivity contribution in [1.82, 2.24) is 0 Å². The molecule has 4 rings (SSSR count). The Balaban J connectivity index is 1.31. The molecular formula is C18H23NOS. The summed E-state index contributed by atoms with van der Waals surface area (Å²) in [5.74, 6) is 2.23. The number of carbonyl (C=O) groups excluding carboxylic acids is 1. The van der Waals surface area contributed by atoms with E-state index in [4.69, 9.17) is 0 Å². The highest BCUT2D eigenvalue weighted by Crippen LogP contribution is 2.54. The lowest BCUT2D eigenvalue weighted by Crippen LogP contribution is -2.21. The summed E-state index contributed by atoms with van der Waals surface area (Å²) in [4.78, 5) is 13.6. The summed E-state index contributed by atoms with van der Waals surface area (Å²) in [5.41, 5.74) is 0.955. The van der Waals surface area contributed by atoms with Gasteiger partial charge in [-0.25, -0.2) is 0 Å². The number of benzene rings is 1. The smallest absolute Gasteiger partial charge is 0.227 e. The second-order valence-corrected chi connectivity index (χ2v) is 8.34. The Hall–Kier alpha value is -0.960. The monoisotopic (exact) mass is 301 g/mol. The largest absolute Gasteiger partial charge is 0.326 e. The second kappa shape index (κ2) is 5.68. The summed E-state index contributed by atoms with van der Waals surface area (Å²) in [6.45, 7) is 0. The third-order valence-electron chi connectivity index (χ3n) is 5.34. The maximum atomic E-state index is 12.2. The van der Waals surface area contributed by atoms with Gasteiger partial charge in [0.05, 0.1) is 0 Å². The zero-order valence-corrected chi connectivity index (χ0v) is 13.2. The maximum absolute atomic E-state index is 12.2. The molecule has 112 valence electrons. The lowest BCUT2D eigenvalue weighted by Gasteiger charge is -2.13. The lowest BCUT2D eigenvalue weighted by atomic mass is 10.0. The van der Waals surface area contributed by atoms with E-state index in [2.05, 4.69) is 29.6 Å². The molecule has 0 aromatic heterocycles. The van der Waals surface area contributed by atoms with E-state index in [-0.39, 0.29) is 11.8 Å². The van der Waals surface area contributed by atoms with E-state index >= 15 is 0 Å². The minimum atomic E-state index is 0.235. The number of nitrogens with one attached hydrogen (secondary N) is 1. The van der Waals surface area contributed by atoms with Crippen molar-refractivity contribution in [2.75, 3.05) is 5.32 Å². The highest BCUT2D eigenvalue weighted by Gasteiger charge is 2.47. The summed E-state index contributed by atoms with van der Waals surface area (Å²) in [6, 6.07) is 8.44. The standard InChI is InChI=1S/C18H23NOS/c20-18(14-10-12-9-13(12)11-14)19-15-5-7-17(8-6-15)21-16-3-1-2-4-16/h5-8,12-14,16H,1-4,9-11H2,(H,19,20). The van der Waals surface area contributed by atoms with E-state index in [1.165, 1.54) is 37.0 Å². The molecule has 0 aliphatic heterocycles. The molecule has 0 saturated heterocycles. The van der Waals surface area contributed by atoms with E-state index < -0.39 is 0 Å². The predicted molar refractivity (Wildman–Crippen MR) is 87.5 cm³/mol. The van der Waals surface area contributed by atoms with Gasteiger partial charge in [0.25, 0.3) is 0 Å². The first-order valence-corrected chi connectivity index (χ1v) is 9.23. The van der Waals surface area contributed by atoms with Crippen LogP contribution < -0.4 is 5.32 Å². The average Bonchev–Trinajstić information content (AvgIpc) is 2.92. The van der Waals surface area contributed by atoms with Crippen molar-refractivity contribution in [2.24, 2.45) is 17.8 Å². The van der Waals surface area contributed by atoms with Gasteiger partial charge < -0.3 is 5.32 Å². The van der Waals surface area contributed by atoms with Crippen LogP contribution in [-0.2, 0) is 4.79 Å². The van der Waals surface area contributed by atoms with Crippen molar-refractivity contribution < 1.29 is 4.79 Å². The van der Waals surface area contributed by atoms with Gasteiger partial charge in [-0.3, -0.25) is 4.79 Å². The molecule has 3 saturated carbocycles. The van der Waals surface area contributed by atoms with Crippen LogP contribution >= 0.6 is 11.8 Å². The zero-order valence-electron chi connectivity index (χ0n) is 12.4. The van der Waals surface area contributed by atoms with Crippen molar-refractivity contribution in [2.45, 2.75) is 55.1 Å². The predicted octanol–water partition coefficient (Wildman–Crippen LogP) is 4.71. The van der Waals surface area contributed by atoms with Crippen LogP contribution in [0.25, 0.3) is 0 Å². The fourth-order valence-electron chi connectivity index (χ4n) is 3.99. The summed E-state index contributed by atoms with van der Waals surface area (Å²) in [5, 5.41) is 3.90. The maximum Gasteiger partial charge on any atom is 0.227 e. The van der Waals surface area contributed by atoms with Crippen LogP contribution in [0.1, 0.15) is 44.9 Å². The summed E-state index contributed by atoms with van der Waals surface area (Å²) in [7, 11) is 0. The lowest BCUT2D eigenvalue weighted by molar-refractivity contribution is -0.120. The molecule has 2 atom stereocenters. The van der Waals surface area contributed by atoms with E-state index in [0.29, 0.717) is 0 Å². The number of anilines is 1. The van der Waals surface area contributed by atoms with Crippen molar-refractivity contribution >= 4 is 23.4 Å². The van der Waals surface area contributed by atoms with Gasteiger partial charge in [-0.2, -0.15) is 0 Å². The SMILES string of the molecule is O=C(Nc1ccc(SC2CCCC2)cc1)C1CC2CC2C1. The van der Waals surface area contributed by atoms with Gasteiger partial charge in [-0.05, 0) is 68.2 Å². The highest BCUT2D eigenvalue weighted by molar-refractivity contribution is 8.00. The number of hydrogen-bond acceptors (Lipinski definition) is 2. The van der Waals surface area contributed by atoms with Crippen LogP contribution in [0.5, 0.6) is 0 Å². The van der Waals surface area contributed by atoms with Crippen molar-refractivity contribution in [3.8, 4) is 0 Å². The third kappa shape index (κ3) is 3.13. The molecule has 0 heterocycles. The molecule has 21 heavy (non-hydrogen) atoms. The fraction of sp³-hybridized carbons (Fsp3) is 0.611. The van der Waals surface area contributed by atoms with E-state index in [9.17, 15) is 4.79 Å². The van der Waals surface area contributed by atoms with Crippen LogP contribution in [0.2, 0.25) is 0 Å². The Labute approximate surface area is 131 Å². The molecule has 2 unspecified atom stereocenters. The van der Waals surface area contributed by atoms with Crippen LogP contribution in [0, 0.1) is 17.8 Å². The molecule has 3 fully saturated rings. The minimum absolute atomic E-state index is 0.235. The Morgan fingerprint density at radius 2 is 1.67 bits per heavy atom. The van der Waals surface area contributed by atoms with Crippen LogP contribution in [0.3, 0.4) is 0 Å². The molecule has 1 N–H and O–H groups in total. The Morgan fingerprint density at radius 1 is 1.00 bits per heavy atom. The first kappa shape index (κ1) is 13.7. The number of carbonyl (C=O) groups is 1. The normalized spacial score (nSPS) is 31.1. The van der Waals surface area contributed by atoms with E-state index in [0.717, 1.165) is 35.6 Å². The second-order valence-electron chi connectivity index (χ2n) is 6.96. The van der Waals surface area contributed by atoms with Gasteiger partial charge in [0.1, 0.15) is 0 Å². The first-order valence-electron chi connectivity index (χ1n) is 8.35. The molecule has 1 aromatic rings. The van der Waals surface area contributed by atoms with Crippen LogP contribution in [0.4, 0.5) is 5.69 Å². The number of thioether (sulfide) groups is 1. The molecule has 0 spiro atoms.